The minimum Gasteiger partial charge on any atom is -0.314 e. The van der Waals surface area contributed by atoms with E-state index in [1.165, 1.54) is 17.1 Å². The first-order chi connectivity index (χ1) is 8.20. The van der Waals surface area contributed by atoms with Gasteiger partial charge in [0.05, 0.1) is 12.2 Å². The Bertz CT molecular complexity index is 340. The topological polar surface area (TPSA) is 28.2 Å². The van der Waals surface area contributed by atoms with Crippen molar-refractivity contribution in [2.75, 3.05) is 13.1 Å². The average Bonchev–Trinajstić information content (AvgIpc) is 2.72. The summed E-state index contributed by atoms with van der Waals surface area (Å²) in [6.07, 6.45) is 2.30. The minimum absolute atomic E-state index is 0.609. The Kier molecular flexibility index (Phi) is 4.54. The number of hydrogen-bond donors (Lipinski definition) is 1. The lowest BCUT2D eigenvalue weighted by Crippen LogP contribution is -2.54. The maximum absolute atomic E-state index is 4.72. The monoisotopic (exact) mass is 253 g/mol. The zero-order valence-electron chi connectivity index (χ0n) is 11.1. The average molecular weight is 253 g/mol. The van der Waals surface area contributed by atoms with Crippen LogP contribution in [-0.2, 0) is 13.0 Å². The standard InChI is InChI=1S/C13H23N3S/c1-4-5-12-9-17-13(15-12)8-16-10(2)6-14-7-11(16)3/h9-11,14H,4-8H2,1-3H3/t10-,11+. The van der Waals surface area contributed by atoms with Gasteiger partial charge in [-0.1, -0.05) is 13.3 Å². The highest BCUT2D eigenvalue weighted by Gasteiger charge is 2.25. The second kappa shape index (κ2) is 5.94. The molecule has 0 aromatic carbocycles. The molecule has 4 heteroatoms. The van der Waals surface area contributed by atoms with Crippen molar-refractivity contribution in [3.8, 4) is 0 Å². The SMILES string of the molecule is CCCc1csc(CN2[C@H](C)CNC[C@@H]2C)n1. The molecule has 1 aromatic heterocycles. The molecule has 1 aliphatic rings. The number of piperazine rings is 1. The van der Waals surface area contributed by atoms with E-state index in [1.807, 2.05) is 11.3 Å². The molecule has 1 saturated heterocycles. The predicted octanol–water partition coefficient (Wildman–Crippen LogP) is 2.28. The Hall–Kier alpha value is -0.450. The van der Waals surface area contributed by atoms with Crippen molar-refractivity contribution in [2.45, 2.75) is 52.2 Å². The van der Waals surface area contributed by atoms with Gasteiger partial charge in [0.15, 0.2) is 0 Å². The summed E-state index contributed by atoms with van der Waals surface area (Å²) in [7, 11) is 0. The second-order valence-corrected chi connectivity index (χ2v) is 5.95. The third-order valence-corrected chi connectivity index (χ3v) is 4.32. The van der Waals surface area contributed by atoms with Crippen LogP contribution in [0.25, 0.3) is 0 Å². The lowest BCUT2D eigenvalue weighted by molar-refractivity contribution is 0.108. The summed E-state index contributed by atoms with van der Waals surface area (Å²) < 4.78 is 0. The van der Waals surface area contributed by atoms with E-state index in [1.54, 1.807) is 0 Å². The van der Waals surface area contributed by atoms with Crippen LogP contribution in [-0.4, -0.2) is 35.1 Å². The number of nitrogens with zero attached hydrogens (tertiary/aromatic N) is 2. The van der Waals surface area contributed by atoms with E-state index in [-0.39, 0.29) is 0 Å². The number of rotatable bonds is 4. The van der Waals surface area contributed by atoms with Crippen molar-refractivity contribution in [1.82, 2.24) is 15.2 Å². The van der Waals surface area contributed by atoms with Gasteiger partial charge in [0.1, 0.15) is 5.01 Å². The van der Waals surface area contributed by atoms with Crippen LogP contribution in [0.3, 0.4) is 0 Å². The number of hydrogen-bond acceptors (Lipinski definition) is 4. The molecule has 0 saturated carbocycles. The highest BCUT2D eigenvalue weighted by Crippen LogP contribution is 2.18. The van der Waals surface area contributed by atoms with Crippen LogP contribution in [0.2, 0.25) is 0 Å². The van der Waals surface area contributed by atoms with E-state index in [9.17, 15) is 0 Å². The summed E-state index contributed by atoms with van der Waals surface area (Å²) >= 11 is 1.81. The quantitative estimate of drug-likeness (QED) is 0.892. The van der Waals surface area contributed by atoms with Gasteiger partial charge in [-0.3, -0.25) is 4.90 Å². The Morgan fingerprint density at radius 3 is 2.76 bits per heavy atom. The Morgan fingerprint density at radius 1 is 1.41 bits per heavy atom. The van der Waals surface area contributed by atoms with Crippen molar-refractivity contribution in [3.63, 3.8) is 0 Å². The van der Waals surface area contributed by atoms with Gasteiger partial charge in [0.25, 0.3) is 0 Å². The molecule has 17 heavy (non-hydrogen) atoms. The van der Waals surface area contributed by atoms with Crippen molar-refractivity contribution in [3.05, 3.63) is 16.1 Å². The first-order valence-electron chi connectivity index (χ1n) is 6.60. The fourth-order valence-corrected chi connectivity index (χ4v) is 3.27. The third-order valence-electron chi connectivity index (χ3n) is 3.44. The first-order valence-corrected chi connectivity index (χ1v) is 7.48. The molecule has 2 heterocycles. The number of thiazole rings is 1. The fourth-order valence-electron chi connectivity index (χ4n) is 2.43. The van der Waals surface area contributed by atoms with Crippen molar-refractivity contribution >= 4 is 11.3 Å². The maximum atomic E-state index is 4.72. The summed E-state index contributed by atoms with van der Waals surface area (Å²) in [6, 6.07) is 1.22. The zero-order valence-corrected chi connectivity index (χ0v) is 11.9. The Morgan fingerprint density at radius 2 is 2.12 bits per heavy atom. The Balaban J connectivity index is 1.98. The summed E-state index contributed by atoms with van der Waals surface area (Å²) in [5.74, 6) is 0. The molecule has 0 unspecified atom stereocenters. The van der Waals surface area contributed by atoms with Gasteiger partial charge in [-0.05, 0) is 20.3 Å². The Labute approximate surface area is 108 Å². The largest absolute Gasteiger partial charge is 0.314 e. The van der Waals surface area contributed by atoms with E-state index in [0.717, 1.165) is 26.1 Å². The molecule has 0 radical (unpaired) electrons. The molecule has 1 aliphatic heterocycles. The molecule has 2 rings (SSSR count). The molecule has 2 atom stereocenters. The lowest BCUT2D eigenvalue weighted by Gasteiger charge is -2.38. The number of nitrogens with one attached hydrogen (secondary N) is 1. The van der Waals surface area contributed by atoms with Crippen LogP contribution in [0.5, 0.6) is 0 Å². The van der Waals surface area contributed by atoms with E-state index >= 15 is 0 Å². The van der Waals surface area contributed by atoms with Crippen LogP contribution >= 0.6 is 11.3 Å². The van der Waals surface area contributed by atoms with Crippen molar-refractivity contribution in [2.24, 2.45) is 0 Å². The van der Waals surface area contributed by atoms with E-state index in [2.05, 4.69) is 36.4 Å². The van der Waals surface area contributed by atoms with Gasteiger partial charge in [-0.25, -0.2) is 4.98 Å². The molecule has 0 amide bonds. The normalized spacial score (nSPS) is 26.3. The van der Waals surface area contributed by atoms with Gasteiger partial charge in [-0.2, -0.15) is 0 Å². The molecular formula is C13H23N3S. The second-order valence-electron chi connectivity index (χ2n) is 5.01. The third kappa shape index (κ3) is 3.27. The van der Waals surface area contributed by atoms with Crippen molar-refractivity contribution < 1.29 is 0 Å². The molecule has 96 valence electrons. The molecule has 1 fully saturated rings. The van der Waals surface area contributed by atoms with Gasteiger partial charge < -0.3 is 5.32 Å². The van der Waals surface area contributed by atoms with Crippen LogP contribution < -0.4 is 5.32 Å². The smallest absolute Gasteiger partial charge is 0.107 e. The van der Waals surface area contributed by atoms with Crippen LogP contribution in [0, 0.1) is 0 Å². The lowest BCUT2D eigenvalue weighted by atomic mass is 10.1. The van der Waals surface area contributed by atoms with E-state index in [4.69, 9.17) is 4.98 Å². The molecule has 0 bridgehead atoms. The highest BCUT2D eigenvalue weighted by molar-refractivity contribution is 7.09. The number of aromatic nitrogens is 1. The fraction of sp³-hybridized carbons (Fsp3) is 0.769. The molecule has 1 N–H and O–H groups in total. The van der Waals surface area contributed by atoms with Gasteiger partial charge in [0, 0.05) is 30.6 Å². The molecule has 0 spiro atoms. The first kappa shape index (κ1) is 13.0. The summed E-state index contributed by atoms with van der Waals surface area (Å²) in [5.41, 5.74) is 1.27. The molecule has 3 nitrogen and oxygen atoms in total. The van der Waals surface area contributed by atoms with Crippen LogP contribution in [0.15, 0.2) is 5.38 Å². The summed E-state index contributed by atoms with van der Waals surface area (Å²) in [5, 5.41) is 6.96. The summed E-state index contributed by atoms with van der Waals surface area (Å²) in [4.78, 5) is 7.28. The maximum Gasteiger partial charge on any atom is 0.107 e. The molecular weight excluding hydrogens is 230 g/mol. The van der Waals surface area contributed by atoms with Gasteiger partial charge in [0.2, 0.25) is 0 Å². The van der Waals surface area contributed by atoms with Crippen LogP contribution in [0.4, 0.5) is 0 Å². The molecule has 0 aliphatic carbocycles. The summed E-state index contributed by atoms with van der Waals surface area (Å²) in [6.45, 7) is 10.00. The highest BCUT2D eigenvalue weighted by atomic mass is 32.1. The zero-order chi connectivity index (χ0) is 12.3. The van der Waals surface area contributed by atoms with E-state index in [0.29, 0.717) is 12.1 Å². The minimum atomic E-state index is 0.609. The van der Waals surface area contributed by atoms with Gasteiger partial charge in [-0.15, -0.1) is 11.3 Å². The van der Waals surface area contributed by atoms with Gasteiger partial charge >= 0.3 is 0 Å². The van der Waals surface area contributed by atoms with E-state index < -0.39 is 0 Å². The molecule has 1 aromatic rings. The number of aryl methyl sites for hydroxylation is 1. The predicted molar refractivity (Wildman–Crippen MR) is 73.4 cm³/mol. The van der Waals surface area contributed by atoms with Crippen LogP contribution in [0.1, 0.15) is 37.9 Å². The van der Waals surface area contributed by atoms with Crippen molar-refractivity contribution in [1.29, 1.82) is 0 Å².